The van der Waals surface area contributed by atoms with E-state index < -0.39 is 0 Å². The van der Waals surface area contributed by atoms with Gasteiger partial charge in [0.25, 0.3) is 0 Å². The number of nitriles is 1. The van der Waals surface area contributed by atoms with Crippen LogP contribution < -0.4 is 0 Å². The van der Waals surface area contributed by atoms with Gasteiger partial charge >= 0.3 is 0 Å². The van der Waals surface area contributed by atoms with Crippen LogP contribution >= 0.6 is 12.6 Å². The summed E-state index contributed by atoms with van der Waals surface area (Å²) in [6, 6.07) is 12.0. The first-order valence-corrected chi connectivity index (χ1v) is 2.89. The van der Waals surface area contributed by atoms with Gasteiger partial charge in [-0.05, 0) is 0 Å². The van der Waals surface area contributed by atoms with E-state index in [1.54, 1.807) is 0 Å². The molecule has 0 aliphatic carbocycles. The summed E-state index contributed by atoms with van der Waals surface area (Å²) in [7, 11) is 0. The zero-order valence-electron chi connectivity index (χ0n) is 4.86. The average molecular weight is 137 g/mol. The van der Waals surface area contributed by atoms with Gasteiger partial charge in [0.1, 0.15) is 5.40 Å². The lowest BCUT2D eigenvalue weighted by molar-refractivity contribution is 1.57. The summed E-state index contributed by atoms with van der Waals surface area (Å²) in [6.07, 6.45) is 0. The van der Waals surface area contributed by atoms with E-state index in [1.165, 1.54) is 5.40 Å². The molecule has 46 valence electrons. The molecule has 0 unspecified atom stereocenters. The second-order valence-electron chi connectivity index (χ2n) is 1.25. The smallest absolute Gasteiger partial charge is 0.130 e. The highest BCUT2D eigenvalue weighted by atomic mass is 32.1. The van der Waals surface area contributed by atoms with Gasteiger partial charge in [-0.25, -0.2) is 0 Å². The summed E-state index contributed by atoms with van der Waals surface area (Å²) in [5.41, 5.74) is 0. The SMILES string of the molecule is N#CS.c1ccccc1. The van der Waals surface area contributed by atoms with Crippen LogP contribution in [0.25, 0.3) is 0 Å². The first-order valence-electron chi connectivity index (χ1n) is 2.45. The number of thiocyanates is 1. The zero-order chi connectivity index (χ0) is 6.95. The van der Waals surface area contributed by atoms with Gasteiger partial charge < -0.3 is 0 Å². The average Bonchev–Trinajstić information content (AvgIpc) is 1.93. The van der Waals surface area contributed by atoms with Crippen molar-refractivity contribution in [2.45, 2.75) is 0 Å². The topological polar surface area (TPSA) is 23.8 Å². The Morgan fingerprint density at radius 1 is 0.889 bits per heavy atom. The predicted molar refractivity (Wildman–Crippen MR) is 41.0 cm³/mol. The standard InChI is InChI=1S/C6H6.CHNS/c1-2-4-6-5-3-1;2-1-3/h1-6H;3H. The van der Waals surface area contributed by atoms with Crippen molar-refractivity contribution in [3.63, 3.8) is 0 Å². The zero-order valence-corrected chi connectivity index (χ0v) is 5.75. The molecule has 0 bridgehead atoms. The monoisotopic (exact) mass is 137 g/mol. The molecule has 0 fully saturated rings. The van der Waals surface area contributed by atoms with Gasteiger partial charge in [0, 0.05) is 0 Å². The summed E-state index contributed by atoms with van der Waals surface area (Å²) in [4.78, 5) is 0. The molecule has 9 heavy (non-hydrogen) atoms. The van der Waals surface area contributed by atoms with Crippen molar-refractivity contribution in [3.05, 3.63) is 36.4 Å². The van der Waals surface area contributed by atoms with Crippen LogP contribution in [0, 0.1) is 10.7 Å². The molecule has 0 saturated carbocycles. The molecule has 0 radical (unpaired) electrons. The Morgan fingerprint density at radius 2 is 1.00 bits per heavy atom. The highest BCUT2D eigenvalue weighted by molar-refractivity contribution is 7.85. The summed E-state index contributed by atoms with van der Waals surface area (Å²) in [6.45, 7) is 0. The molecule has 0 saturated heterocycles. The molecular weight excluding hydrogens is 130 g/mol. The fourth-order valence-corrected chi connectivity index (χ4v) is 0.385. The number of benzene rings is 1. The Hall–Kier alpha value is -0.940. The lowest BCUT2D eigenvalue weighted by Crippen LogP contribution is -1.47. The summed E-state index contributed by atoms with van der Waals surface area (Å²) in [5.74, 6) is 0. The molecule has 2 heteroatoms. The van der Waals surface area contributed by atoms with Gasteiger partial charge in [-0.1, -0.05) is 49.0 Å². The first-order chi connectivity index (χ1) is 4.41. The van der Waals surface area contributed by atoms with E-state index in [2.05, 4.69) is 12.6 Å². The van der Waals surface area contributed by atoms with E-state index in [-0.39, 0.29) is 0 Å². The Bertz CT molecular complexity index is 139. The van der Waals surface area contributed by atoms with Gasteiger partial charge in [-0.2, -0.15) is 5.26 Å². The van der Waals surface area contributed by atoms with Crippen molar-refractivity contribution in [1.29, 1.82) is 5.26 Å². The minimum atomic E-state index is 1.44. The number of rotatable bonds is 0. The van der Waals surface area contributed by atoms with Crippen molar-refractivity contribution in [2.75, 3.05) is 0 Å². The number of hydrogen-bond acceptors (Lipinski definition) is 2. The van der Waals surface area contributed by atoms with Gasteiger partial charge in [-0.3, -0.25) is 0 Å². The van der Waals surface area contributed by atoms with Crippen molar-refractivity contribution in [2.24, 2.45) is 0 Å². The van der Waals surface area contributed by atoms with E-state index in [1.807, 2.05) is 36.4 Å². The molecule has 1 rings (SSSR count). The van der Waals surface area contributed by atoms with Crippen molar-refractivity contribution in [3.8, 4) is 5.40 Å². The third-order valence-corrected chi connectivity index (χ3v) is 0.667. The molecule has 1 aromatic carbocycles. The lowest BCUT2D eigenvalue weighted by atomic mass is 10.4. The maximum atomic E-state index is 7.18. The van der Waals surface area contributed by atoms with E-state index >= 15 is 0 Å². The largest absolute Gasteiger partial charge is 0.185 e. The van der Waals surface area contributed by atoms with Crippen LogP contribution in [-0.4, -0.2) is 0 Å². The van der Waals surface area contributed by atoms with Crippen molar-refractivity contribution in [1.82, 2.24) is 0 Å². The third-order valence-electron chi connectivity index (χ3n) is 0.667. The fraction of sp³-hybridized carbons (Fsp3) is 0. The van der Waals surface area contributed by atoms with Crippen LogP contribution in [0.4, 0.5) is 0 Å². The van der Waals surface area contributed by atoms with Crippen LogP contribution in [0.3, 0.4) is 0 Å². The molecule has 1 aromatic rings. The minimum Gasteiger partial charge on any atom is -0.185 e. The predicted octanol–water partition coefficient (Wildman–Crippen LogP) is 2.08. The number of thiol groups is 1. The number of hydrogen-bond donors (Lipinski definition) is 1. The summed E-state index contributed by atoms with van der Waals surface area (Å²) < 4.78 is 0. The van der Waals surface area contributed by atoms with E-state index in [0.717, 1.165) is 0 Å². The first kappa shape index (κ1) is 8.06. The molecule has 0 N–H and O–H groups in total. The Labute approximate surface area is 60.3 Å². The maximum Gasteiger partial charge on any atom is 0.130 e. The molecule has 0 heterocycles. The molecule has 0 atom stereocenters. The summed E-state index contributed by atoms with van der Waals surface area (Å²) in [5, 5.41) is 8.63. The molecule has 0 aromatic heterocycles. The summed E-state index contributed by atoms with van der Waals surface area (Å²) >= 11 is 3.09. The minimum absolute atomic E-state index is 1.44. The normalized spacial score (nSPS) is 6.22. The van der Waals surface area contributed by atoms with E-state index in [4.69, 9.17) is 5.26 Å². The molecule has 0 aliphatic rings. The van der Waals surface area contributed by atoms with Crippen LogP contribution in [0.2, 0.25) is 0 Å². The van der Waals surface area contributed by atoms with Gasteiger partial charge in [0.2, 0.25) is 0 Å². The Morgan fingerprint density at radius 3 is 1.11 bits per heavy atom. The van der Waals surface area contributed by atoms with Gasteiger partial charge in [0.15, 0.2) is 0 Å². The highest BCUT2D eigenvalue weighted by Gasteiger charge is 1.57. The van der Waals surface area contributed by atoms with E-state index in [9.17, 15) is 0 Å². The van der Waals surface area contributed by atoms with E-state index in [0.29, 0.717) is 0 Å². The van der Waals surface area contributed by atoms with Crippen LogP contribution in [0.1, 0.15) is 0 Å². The second-order valence-corrected chi connectivity index (χ2v) is 1.45. The number of nitrogens with zero attached hydrogens (tertiary/aromatic N) is 1. The molecule has 0 amide bonds. The fourth-order valence-electron chi connectivity index (χ4n) is 0.385. The Kier molecular flexibility index (Phi) is 6.32. The molecule has 1 nitrogen and oxygen atoms in total. The third kappa shape index (κ3) is 7.06. The van der Waals surface area contributed by atoms with Crippen LogP contribution in [0.5, 0.6) is 0 Å². The lowest BCUT2D eigenvalue weighted by Gasteiger charge is -1.69. The van der Waals surface area contributed by atoms with Crippen LogP contribution in [-0.2, 0) is 0 Å². The quantitative estimate of drug-likeness (QED) is 0.429. The molecule has 0 aliphatic heterocycles. The molecular formula is C7H7NS. The van der Waals surface area contributed by atoms with Gasteiger partial charge in [-0.15, -0.1) is 0 Å². The van der Waals surface area contributed by atoms with Crippen LogP contribution in [0.15, 0.2) is 36.4 Å². The van der Waals surface area contributed by atoms with Gasteiger partial charge in [0.05, 0.1) is 0 Å². The Balaban J connectivity index is 0.000000187. The van der Waals surface area contributed by atoms with Crippen molar-refractivity contribution < 1.29 is 0 Å². The maximum absolute atomic E-state index is 7.18. The second kappa shape index (κ2) is 7.06. The van der Waals surface area contributed by atoms with Crippen molar-refractivity contribution >= 4 is 12.6 Å². The highest BCUT2D eigenvalue weighted by Crippen LogP contribution is 1.79. The molecule has 0 spiro atoms.